The van der Waals surface area contributed by atoms with E-state index in [4.69, 9.17) is 9.47 Å². The second kappa shape index (κ2) is 7.81. The SMILES string of the molecule is COCCN1CCO[C@H]2CCN(C(=O)c3ccnnc3)CC[C@@H]21. The fourth-order valence-electron chi connectivity index (χ4n) is 3.45. The number of hydrogen-bond donors (Lipinski definition) is 0. The molecule has 2 aliphatic heterocycles. The molecule has 7 nitrogen and oxygen atoms in total. The summed E-state index contributed by atoms with van der Waals surface area (Å²) >= 11 is 0. The van der Waals surface area contributed by atoms with Gasteiger partial charge >= 0.3 is 0 Å². The topological polar surface area (TPSA) is 67.8 Å². The van der Waals surface area contributed by atoms with Crippen LogP contribution in [-0.2, 0) is 9.47 Å². The van der Waals surface area contributed by atoms with Gasteiger partial charge in [-0.25, -0.2) is 0 Å². The first kappa shape index (κ1) is 16.3. The Labute approximate surface area is 136 Å². The summed E-state index contributed by atoms with van der Waals surface area (Å²) in [6.45, 7) is 4.81. The summed E-state index contributed by atoms with van der Waals surface area (Å²) in [7, 11) is 1.73. The standard InChI is InChI=1S/C16H24N4O3/c1-22-10-8-19-9-11-23-15-4-7-20(6-3-14(15)19)16(21)13-2-5-17-18-12-13/h2,5,12,14-15H,3-4,6-11H2,1H3/t14-,15-/m0/s1. The van der Waals surface area contributed by atoms with Crippen molar-refractivity contribution in [2.75, 3.05) is 46.5 Å². The van der Waals surface area contributed by atoms with E-state index in [0.29, 0.717) is 11.6 Å². The number of rotatable bonds is 4. The zero-order valence-corrected chi connectivity index (χ0v) is 13.6. The molecule has 0 saturated carbocycles. The number of fused-ring (bicyclic) bond motifs is 1. The molecule has 2 aliphatic rings. The van der Waals surface area contributed by atoms with Gasteiger partial charge in [0.05, 0.1) is 37.3 Å². The number of morpholine rings is 1. The van der Waals surface area contributed by atoms with Crippen LogP contribution in [0.5, 0.6) is 0 Å². The first-order chi connectivity index (χ1) is 11.3. The van der Waals surface area contributed by atoms with Gasteiger partial charge in [-0.1, -0.05) is 0 Å². The van der Waals surface area contributed by atoms with E-state index < -0.39 is 0 Å². The maximum absolute atomic E-state index is 12.6. The Balaban J connectivity index is 1.65. The quantitative estimate of drug-likeness (QED) is 0.801. The van der Waals surface area contributed by atoms with Gasteiger partial charge in [-0.3, -0.25) is 9.69 Å². The number of ether oxygens (including phenoxy) is 2. The highest BCUT2D eigenvalue weighted by Gasteiger charge is 2.35. The van der Waals surface area contributed by atoms with Gasteiger partial charge in [-0.2, -0.15) is 10.2 Å². The van der Waals surface area contributed by atoms with Crippen molar-refractivity contribution in [2.24, 2.45) is 0 Å². The predicted octanol–water partition coefficient (Wildman–Crippen LogP) is 0.428. The Kier molecular flexibility index (Phi) is 5.53. The molecule has 2 fully saturated rings. The maximum atomic E-state index is 12.6. The third kappa shape index (κ3) is 3.85. The largest absolute Gasteiger partial charge is 0.383 e. The van der Waals surface area contributed by atoms with Gasteiger partial charge in [-0.05, 0) is 18.9 Å². The first-order valence-corrected chi connectivity index (χ1v) is 8.20. The van der Waals surface area contributed by atoms with Crippen LogP contribution in [0.25, 0.3) is 0 Å². The number of amides is 1. The summed E-state index contributed by atoms with van der Waals surface area (Å²) in [6, 6.07) is 2.08. The van der Waals surface area contributed by atoms with Gasteiger partial charge in [0.1, 0.15) is 0 Å². The van der Waals surface area contributed by atoms with E-state index >= 15 is 0 Å². The zero-order valence-electron chi connectivity index (χ0n) is 13.6. The summed E-state index contributed by atoms with van der Waals surface area (Å²) in [5.41, 5.74) is 0.599. The van der Waals surface area contributed by atoms with E-state index in [1.54, 1.807) is 19.4 Å². The molecule has 2 atom stereocenters. The molecule has 0 unspecified atom stereocenters. The van der Waals surface area contributed by atoms with E-state index in [2.05, 4.69) is 15.1 Å². The normalized spacial score (nSPS) is 25.7. The van der Waals surface area contributed by atoms with Crippen LogP contribution in [0.4, 0.5) is 0 Å². The highest BCUT2D eigenvalue weighted by Crippen LogP contribution is 2.24. The predicted molar refractivity (Wildman–Crippen MR) is 84.1 cm³/mol. The van der Waals surface area contributed by atoms with E-state index in [1.165, 1.54) is 6.20 Å². The molecule has 0 bridgehead atoms. The van der Waals surface area contributed by atoms with Crippen LogP contribution in [0.2, 0.25) is 0 Å². The smallest absolute Gasteiger partial charge is 0.255 e. The van der Waals surface area contributed by atoms with Gasteiger partial charge in [0.2, 0.25) is 0 Å². The van der Waals surface area contributed by atoms with Crippen LogP contribution in [0.3, 0.4) is 0 Å². The Morgan fingerprint density at radius 2 is 2.22 bits per heavy atom. The van der Waals surface area contributed by atoms with Crippen LogP contribution in [0, 0.1) is 0 Å². The van der Waals surface area contributed by atoms with Gasteiger partial charge in [0.25, 0.3) is 5.91 Å². The van der Waals surface area contributed by atoms with E-state index in [1.807, 2.05) is 4.90 Å². The van der Waals surface area contributed by atoms with E-state index in [9.17, 15) is 4.79 Å². The molecule has 0 radical (unpaired) electrons. The molecule has 2 saturated heterocycles. The van der Waals surface area contributed by atoms with Crippen molar-refractivity contribution in [1.82, 2.24) is 20.0 Å². The molecule has 0 N–H and O–H groups in total. The first-order valence-electron chi connectivity index (χ1n) is 8.20. The zero-order chi connectivity index (χ0) is 16.1. The van der Waals surface area contributed by atoms with E-state index in [0.717, 1.165) is 52.2 Å². The highest BCUT2D eigenvalue weighted by atomic mass is 16.5. The number of carbonyl (C=O) groups excluding carboxylic acids is 1. The molecule has 1 amide bonds. The molecule has 23 heavy (non-hydrogen) atoms. The van der Waals surface area contributed by atoms with Crippen molar-refractivity contribution in [3.63, 3.8) is 0 Å². The minimum absolute atomic E-state index is 0.0296. The number of carbonyl (C=O) groups is 1. The van der Waals surface area contributed by atoms with Crippen molar-refractivity contribution < 1.29 is 14.3 Å². The molecular formula is C16H24N4O3. The van der Waals surface area contributed by atoms with Crippen molar-refractivity contribution in [1.29, 1.82) is 0 Å². The van der Waals surface area contributed by atoms with Crippen LogP contribution in [-0.4, -0.2) is 84.6 Å². The summed E-state index contributed by atoms with van der Waals surface area (Å²) < 4.78 is 11.2. The molecule has 1 aromatic rings. The Morgan fingerprint density at radius 3 is 3.00 bits per heavy atom. The maximum Gasteiger partial charge on any atom is 0.255 e. The average molecular weight is 320 g/mol. The molecule has 0 aromatic carbocycles. The third-order valence-electron chi connectivity index (χ3n) is 4.69. The van der Waals surface area contributed by atoms with Gasteiger partial charge in [0, 0.05) is 39.3 Å². The molecule has 0 spiro atoms. The Morgan fingerprint density at radius 1 is 1.35 bits per heavy atom. The lowest BCUT2D eigenvalue weighted by Gasteiger charge is -2.40. The molecule has 0 aliphatic carbocycles. The van der Waals surface area contributed by atoms with Crippen molar-refractivity contribution in [3.8, 4) is 0 Å². The molecular weight excluding hydrogens is 296 g/mol. The third-order valence-corrected chi connectivity index (χ3v) is 4.69. The molecule has 3 rings (SSSR count). The number of likely N-dealkylation sites (tertiary alicyclic amines) is 1. The summed E-state index contributed by atoms with van der Waals surface area (Å²) in [5.74, 6) is 0.0296. The van der Waals surface area contributed by atoms with Gasteiger partial charge in [-0.15, -0.1) is 0 Å². The van der Waals surface area contributed by atoms with Crippen molar-refractivity contribution in [3.05, 3.63) is 24.0 Å². The lowest BCUT2D eigenvalue weighted by molar-refractivity contribution is -0.0761. The summed E-state index contributed by atoms with van der Waals surface area (Å²) in [4.78, 5) is 16.9. The summed E-state index contributed by atoms with van der Waals surface area (Å²) in [5, 5.41) is 7.53. The van der Waals surface area contributed by atoms with Crippen LogP contribution >= 0.6 is 0 Å². The van der Waals surface area contributed by atoms with Crippen molar-refractivity contribution in [2.45, 2.75) is 25.0 Å². The second-order valence-electron chi connectivity index (χ2n) is 6.01. The fraction of sp³-hybridized carbons (Fsp3) is 0.688. The molecule has 126 valence electrons. The van der Waals surface area contributed by atoms with Crippen LogP contribution in [0.15, 0.2) is 18.5 Å². The summed E-state index contributed by atoms with van der Waals surface area (Å²) in [6.07, 6.45) is 5.09. The highest BCUT2D eigenvalue weighted by molar-refractivity contribution is 5.93. The molecule has 3 heterocycles. The number of nitrogens with zero attached hydrogens (tertiary/aromatic N) is 4. The number of methoxy groups -OCH3 is 1. The lowest BCUT2D eigenvalue weighted by atomic mass is 10.0. The monoisotopic (exact) mass is 320 g/mol. The Bertz CT molecular complexity index is 513. The number of hydrogen-bond acceptors (Lipinski definition) is 6. The minimum atomic E-state index is 0.0296. The van der Waals surface area contributed by atoms with Gasteiger partial charge in [0.15, 0.2) is 0 Å². The fourth-order valence-corrected chi connectivity index (χ4v) is 3.45. The molecule has 1 aromatic heterocycles. The average Bonchev–Trinajstić information content (AvgIpc) is 2.83. The minimum Gasteiger partial charge on any atom is -0.383 e. The van der Waals surface area contributed by atoms with E-state index in [-0.39, 0.29) is 12.0 Å². The van der Waals surface area contributed by atoms with Crippen LogP contribution in [0.1, 0.15) is 23.2 Å². The molecule has 7 heteroatoms. The number of aromatic nitrogens is 2. The van der Waals surface area contributed by atoms with Crippen molar-refractivity contribution >= 4 is 5.91 Å². The lowest BCUT2D eigenvalue weighted by Crippen LogP contribution is -2.52. The van der Waals surface area contributed by atoms with Crippen LogP contribution < -0.4 is 0 Å². The van der Waals surface area contributed by atoms with Gasteiger partial charge < -0.3 is 14.4 Å². The Hall–Kier alpha value is -1.57. The second-order valence-corrected chi connectivity index (χ2v) is 6.01.